The van der Waals surface area contributed by atoms with Gasteiger partial charge < -0.3 is 5.32 Å². The van der Waals surface area contributed by atoms with Crippen molar-refractivity contribution in [2.24, 2.45) is 0 Å². The molecule has 1 unspecified atom stereocenters. The van der Waals surface area contributed by atoms with E-state index < -0.39 is 0 Å². The molecule has 0 aliphatic carbocycles. The number of hydrogen-bond donors (Lipinski definition) is 1. The maximum atomic E-state index is 13.1. The standard InChI is InChI=1S/C17H20ClFN2/c1-2-7-21-16(9-13-4-3-8-20-12-13)10-14-5-6-15(19)11-17(14)18/h3-6,8,11-12,16,21H,2,7,9-10H2,1H3. The van der Waals surface area contributed by atoms with Crippen LogP contribution in [0, 0.1) is 5.82 Å². The molecule has 0 fully saturated rings. The molecule has 1 atom stereocenters. The number of halogens is 2. The molecule has 0 saturated carbocycles. The van der Waals surface area contributed by atoms with Gasteiger partial charge in [-0.2, -0.15) is 0 Å². The fraction of sp³-hybridized carbons (Fsp3) is 0.353. The molecule has 0 spiro atoms. The summed E-state index contributed by atoms with van der Waals surface area (Å²) in [5.41, 5.74) is 2.15. The van der Waals surface area contributed by atoms with Crippen LogP contribution in [0.1, 0.15) is 24.5 Å². The average Bonchev–Trinajstić information content (AvgIpc) is 2.48. The van der Waals surface area contributed by atoms with Crippen LogP contribution in [0.3, 0.4) is 0 Å². The van der Waals surface area contributed by atoms with Gasteiger partial charge in [-0.05, 0) is 55.1 Å². The number of rotatable bonds is 7. The Hall–Kier alpha value is -1.45. The van der Waals surface area contributed by atoms with Crippen molar-refractivity contribution in [3.63, 3.8) is 0 Å². The minimum Gasteiger partial charge on any atom is -0.313 e. The lowest BCUT2D eigenvalue weighted by molar-refractivity contribution is 0.504. The Labute approximate surface area is 130 Å². The summed E-state index contributed by atoms with van der Waals surface area (Å²) in [4.78, 5) is 4.15. The molecule has 1 aromatic heterocycles. The van der Waals surface area contributed by atoms with Crippen molar-refractivity contribution < 1.29 is 4.39 Å². The van der Waals surface area contributed by atoms with Crippen LogP contribution >= 0.6 is 11.6 Å². The highest BCUT2D eigenvalue weighted by Crippen LogP contribution is 2.19. The zero-order valence-electron chi connectivity index (χ0n) is 12.2. The van der Waals surface area contributed by atoms with Crippen LogP contribution in [0.15, 0.2) is 42.7 Å². The summed E-state index contributed by atoms with van der Waals surface area (Å²) in [5, 5.41) is 4.02. The molecule has 0 radical (unpaired) electrons. The summed E-state index contributed by atoms with van der Waals surface area (Å²) in [7, 11) is 0. The second kappa shape index (κ2) is 8.11. The van der Waals surface area contributed by atoms with Gasteiger partial charge in [-0.3, -0.25) is 4.98 Å². The maximum absolute atomic E-state index is 13.1. The first-order chi connectivity index (χ1) is 10.2. The van der Waals surface area contributed by atoms with Crippen LogP contribution in [-0.4, -0.2) is 17.6 Å². The first-order valence-corrected chi connectivity index (χ1v) is 7.63. The van der Waals surface area contributed by atoms with Gasteiger partial charge in [0.2, 0.25) is 0 Å². The van der Waals surface area contributed by atoms with Crippen LogP contribution < -0.4 is 5.32 Å². The highest BCUT2D eigenvalue weighted by Gasteiger charge is 2.12. The SMILES string of the molecule is CCCNC(Cc1cccnc1)Cc1ccc(F)cc1Cl. The molecule has 2 nitrogen and oxygen atoms in total. The predicted molar refractivity (Wildman–Crippen MR) is 85.1 cm³/mol. The van der Waals surface area contributed by atoms with E-state index in [0.29, 0.717) is 5.02 Å². The first kappa shape index (κ1) is 15.9. The molecule has 0 aliphatic rings. The van der Waals surface area contributed by atoms with E-state index in [9.17, 15) is 4.39 Å². The van der Waals surface area contributed by atoms with Gasteiger partial charge in [0.25, 0.3) is 0 Å². The lowest BCUT2D eigenvalue weighted by Gasteiger charge is -2.19. The number of nitrogens with one attached hydrogen (secondary N) is 1. The van der Waals surface area contributed by atoms with E-state index in [-0.39, 0.29) is 11.9 Å². The van der Waals surface area contributed by atoms with Crippen molar-refractivity contribution in [1.29, 1.82) is 0 Å². The van der Waals surface area contributed by atoms with E-state index in [2.05, 4.69) is 23.3 Å². The van der Waals surface area contributed by atoms with Gasteiger partial charge >= 0.3 is 0 Å². The van der Waals surface area contributed by atoms with Crippen molar-refractivity contribution >= 4 is 11.6 Å². The maximum Gasteiger partial charge on any atom is 0.124 e. The summed E-state index contributed by atoms with van der Waals surface area (Å²) < 4.78 is 13.1. The normalized spacial score (nSPS) is 12.3. The van der Waals surface area contributed by atoms with Gasteiger partial charge in [-0.15, -0.1) is 0 Å². The fourth-order valence-corrected chi connectivity index (χ4v) is 2.57. The molecule has 0 aliphatic heterocycles. The van der Waals surface area contributed by atoms with Gasteiger partial charge in [0, 0.05) is 23.5 Å². The Balaban J connectivity index is 2.08. The Bertz CT molecular complexity index is 560. The van der Waals surface area contributed by atoms with E-state index in [0.717, 1.165) is 31.4 Å². The number of aromatic nitrogens is 1. The summed E-state index contributed by atoms with van der Waals surface area (Å²) in [6.45, 7) is 3.09. The second-order valence-corrected chi connectivity index (χ2v) is 5.56. The zero-order chi connectivity index (χ0) is 15.1. The molecule has 0 saturated heterocycles. The van der Waals surface area contributed by atoms with Crippen molar-refractivity contribution in [2.75, 3.05) is 6.54 Å². The van der Waals surface area contributed by atoms with E-state index >= 15 is 0 Å². The minimum atomic E-state index is -0.297. The number of nitrogens with zero attached hydrogens (tertiary/aromatic N) is 1. The largest absolute Gasteiger partial charge is 0.313 e. The minimum absolute atomic E-state index is 0.261. The lowest BCUT2D eigenvalue weighted by atomic mass is 9.99. The molecular weight excluding hydrogens is 287 g/mol. The monoisotopic (exact) mass is 306 g/mol. The Morgan fingerprint density at radius 3 is 2.81 bits per heavy atom. The van der Waals surface area contributed by atoms with Crippen molar-refractivity contribution in [3.8, 4) is 0 Å². The zero-order valence-corrected chi connectivity index (χ0v) is 12.9. The molecule has 112 valence electrons. The fourth-order valence-electron chi connectivity index (χ4n) is 2.32. The predicted octanol–water partition coefficient (Wildman–Crippen LogP) is 4.03. The molecule has 1 heterocycles. The third-order valence-electron chi connectivity index (χ3n) is 3.37. The van der Waals surface area contributed by atoms with E-state index in [1.807, 2.05) is 12.3 Å². The quantitative estimate of drug-likeness (QED) is 0.835. The van der Waals surface area contributed by atoms with Crippen molar-refractivity contribution in [2.45, 2.75) is 32.2 Å². The summed E-state index contributed by atoms with van der Waals surface area (Å²) in [6, 6.07) is 8.87. The second-order valence-electron chi connectivity index (χ2n) is 5.16. The molecule has 0 bridgehead atoms. The van der Waals surface area contributed by atoms with Gasteiger partial charge in [0.1, 0.15) is 5.82 Å². The highest BCUT2D eigenvalue weighted by atomic mass is 35.5. The van der Waals surface area contributed by atoms with Gasteiger partial charge in [0.05, 0.1) is 0 Å². The smallest absolute Gasteiger partial charge is 0.124 e. The molecule has 1 aromatic carbocycles. The van der Waals surface area contributed by atoms with Crippen LogP contribution in [0.5, 0.6) is 0 Å². The van der Waals surface area contributed by atoms with Crippen LogP contribution in [0.4, 0.5) is 4.39 Å². The van der Waals surface area contributed by atoms with Gasteiger partial charge in [-0.1, -0.05) is 30.7 Å². The first-order valence-electron chi connectivity index (χ1n) is 7.25. The number of benzene rings is 1. The van der Waals surface area contributed by atoms with E-state index in [1.165, 1.54) is 17.7 Å². The molecule has 21 heavy (non-hydrogen) atoms. The number of hydrogen-bond acceptors (Lipinski definition) is 2. The summed E-state index contributed by atoms with van der Waals surface area (Å²) >= 11 is 6.13. The van der Waals surface area contributed by atoms with Crippen molar-refractivity contribution in [1.82, 2.24) is 10.3 Å². The Morgan fingerprint density at radius 1 is 1.29 bits per heavy atom. The lowest BCUT2D eigenvalue weighted by Crippen LogP contribution is -2.34. The molecule has 1 N–H and O–H groups in total. The number of pyridine rings is 1. The average molecular weight is 307 g/mol. The molecular formula is C17H20ClFN2. The highest BCUT2D eigenvalue weighted by molar-refractivity contribution is 6.31. The van der Waals surface area contributed by atoms with Crippen LogP contribution in [-0.2, 0) is 12.8 Å². The summed E-state index contributed by atoms with van der Waals surface area (Å²) in [6.07, 6.45) is 6.37. The van der Waals surface area contributed by atoms with Gasteiger partial charge in [0.15, 0.2) is 0 Å². The van der Waals surface area contributed by atoms with E-state index in [1.54, 1.807) is 12.3 Å². The third kappa shape index (κ3) is 5.10. The topological polar surface area (TPSA) is 24.9 Å². The Kier molecular flexibility index (Phi) is 6.15. The van der Waals surface area contributed by atoms with Crippen LogP contribution in [0.2, 0.25) is 5.02 Å². The van der Waals surface area contributed by atoms with Crippen molar-refractivity contribution in [3.05, 3.63) is 64.7 Å². The Morgan fingerprint density at radius 2 is 2.14 bits per heavy atom. The molecule has 2 rings (SSSR count). The summed E-state index contributed by atoms with van der Waals surface area (Å²) in [5.74, 6) is -0.297. The van der Waals surface area contributed by atoms with Gasteiger partial charge in [-0.25, -0.2) is 4.39 Å². The third-order valence-corrected chi connectivity index (χ3v) is 3.72. The molecule has 4 heteroatoms. The molecule has 2 aromatic rings. The molecule has 0 amide bonds. The van der Waals surface area contributed by atoms with E-state index in [4.69, 9.17) is 11.6 Å². The van der Waals surface area contributed by atoms with Crippen LogP contribution in [0.25, 0.3) is 0 Å².